The number of nitrogens with one attached hydrogen (secondary N) is 2. The van der Waals surface area contributed by atoms with Crippen molar-refractivity contribution in [3.05, 3.63) is 107 Å². The van der Waals surface area contributed by atoms with Crippen LogP contribution in [0.25, 0.3) is 33.3 Å². The van der Waals surface area contributed by atoms with Crippen molar-refractivity contribution in [3.8, 4) is 28.3 Å². The number of allylic oxidation sites excluding steroid dienone is 1. The largest absolute Gasteiger partial charge is 0.492 e. The van der Waals surface area contributed by atoms with Crippen molar-refractivity contribution in [2.24, 2.45) is 0 Å². The van der Waals surface area contributed by atoms with Gasteiger partial charge in [0.1, 0.15) is 23.3 Å². The smallest absolute Gasteiger partial charge is 0.269 e. The van der Waals surface area contributed by atoms with Crippen LogP contribution in [0.3, 0.4) is 0 Å². The number of hydrogen-bond acceptors (Lipinski definition) is 9. The van der Waals surface area contributed by atoms with Crippen molar-refractivity contribution in [2.75, 3.05) is 32.9 Å². The first-order valence-corrected chi connectivity index (χ1v) is 21.7. The number of carbonyl (C=O) groups excluding carboxylic acids is 4. The van der Waals surface area contributed by atoms with Gasteiger partial charge in [-0.1, -0.05) is 37.8 Å². The molecule has 0 spiro atoms. The Morgan fingerprint density at radius 1 is 1.00 bits per heavy atom. The van der Waals surface area contributed by atoms with Gasteiger partial charge in [0.05, 0.1) is 36.8 Å². The first-order chi connectivity index (χ1) is 30.1. The number of benzene rings is 2. The molecule has 318 valence electrons. The number of rotatable bonds is 9. The lowest BCUT2D eigenvalue weighted by molar-refractivity contribution is -0.130. The molecule has 0 saturated carbocycles. The molecule has 10 rings (SSSR count). The minimum atomic E-state index is -0.526. The molecule has 2 saturated heterocycles. The Balaban J connectivity index is 0.791. The van der Waals surface area contributed by atoms with E-state index in [4.69, 9.17) is 19.4 Å². The van der Waals surface area contributed by atoms with Gasteiger partial charge in [-0.3, -0.25) is 29.1 Å². The van der Waals surface area contributed by atoms with Gasteiger partial charge in [-0.25, -0.2) is 4.98 Å². The minimum Gasteiger partial charge on any atom is -0.492 e. The Morgan fingerprint density at radius 2 is 1.85 bits per heavy atom. The molecule has 14 heteroatoms. The van der Waals surface area contributed by atoms with E-state index < -0.39 is 6.04 Å². The van der Waals surface area contributed by atoms with Gasteiger partial charge in [0.25, 0.3) is 11.8 Å². The van der Waals surface area contributed by atoms with Gasteiger partial charge in [0.2, 0.25) is 11.8 Å². The third-order valence-corrected chi connectivity index (χ3v) is 13.5. The van der Waals surface area contributed by atoms with Crippen LogP contribution in [0.15, 0.2) is 73.2 Å². The highest BCUT2D eigenvalue weighted by molar-refractivity contribution is 6.02. The van der Waals surface area contributed by atoms with Gasteiger partial charge in [-0.15, -0.1) is 0 Å². The Bertz CT molecular complexity index is 2670. The zero-order valence-corrected chi connectivity index (χ0v) is 35.2. The second-order valence-electron chi connectivity index (χ2n) is 17.5. The number of aromatic nitrogens is 4. The van der Waals surface area contributed by atoms with E-state index in [0.717, 1.165) is 101 Å². The van der Waals surface area contributed by atoms with Crippen molar-refractivity contribution < 1.29 is 28.7 Å². The molecule has 62 heavy (non-hydrogen) atoms. The van der Waals surface area contributed by atoms with Crippen LogP contribution in [0.4, 0.5) is 0 Å². The molecule has 1 unspecified atom stereocenters. The van der Waals surface area contributed by atoms with Crippen LogP contribution < -0.4 is 15.4 Å². The molecule has 0 bridgehead atoms. The second kappa shape index (κ2) is 15.8. The van der Waals surface area contributed by atoms with Crippen LogP contribution in [-0.2, 0) is 39.4 Å². The number of carbonyl (C=O) groups is 4. The van der Waals surface area contributed by atoms with E-state index in [9.17, 15) is 19.2 Å². The summed E-state index contributed by atoms with van der Waals surface area (Å²) >= 11 is 0. The fraction of sp³-hybridized carbons (Fsp3) is 0.396. The van der Waals surface area contributed by atoms with Crippen molar-refractivity contribution >= 4 is 34.4 Å². The van der Waals surface area contributed by atoms with Crippen LogP contribution >= 0.6 is 0 Å². The lowest BCUT2D eigenvalue weighted by atomic mass is 9.79. The highest BCUT2D eigenvalue weighted by Gasteiger charge is 2.44. The van der Waals surface area contributed by atoms with Crippen molar-refractivity contribution in [2.45, 2.75) is 89.4 Å². The van der Waals surface area contributed by atoms with E-state index in [1.54, 1.807) is 24.1 Å². The van der Waals surface area contributed by atoms with Crippen molar-refractivity contribution in [1.82, 2.24) is 40.0 Å². The van der Waals surface area contributed by atoms with Crippen LogP contribution in [0, 0.1) is 0 Å². The molecule has 5 aromatic rings. The zero-order valence-electron chi connectivity index (χ0n) is 35.2. The molecule has 2 N–H and O–H groups in total. The molecule has 4 amide bonds. The minimum absolute atomic E-state index is 0.0616. The maximum absolute atomic E-state index is 13.4. The van der Waals surface area contributed by atoms with Gasteiger partial charge in [0.15, 0.2) is 0 Å². The summed E-state index contributed by atoms with van der Waals surface area (Å²) < 4.78 is 14.3. The summed E-state index contributed by atoms with van der Waals surface area (Å²) in [5.74, 6) is 1.62. The Kier molecular flexibility index (Phi) is 10.1. The standard InChI is InChI=1S/C48H50N8O6/c1-28-8-13-40(46(59)52-28)56-25-36-34(47(56)60)10-11-37-43(36)62-27-48(37,3)16-5-17-49-45(58)38-12-9-32(23-50-38)39-22-31-6-4-7-33(35(31)24-51-39)42-41-26-54(29(2)57)18-19-55(41)44(53-42)30-14-20-61-21-15-30/h4,6-7,9-12,22-24,30,40H,1,5,8,13-21,25-27H2,2-3H3,(H,49,58)(H,52,59)/t40?,48-/m0/s1. The highest BCUT2D eigenvalue weighted by atomic mass is 16.5. The van der Waals surface area contributed by atoms with Crippen LogP contribution in [0.2, 0.25) is 0 Å². The van der Waals surface area contributed by atoms with Gasteiger partial charge in [-0.05, 0) is 68.2 Å². The molecular weight excluding hydrogens is 785 g/mol. The van der Waals surface area contributed by atoms with E-state index in [1.807, 2.05) is 41.4 Å². The number of piperidine rings is 1. The fourth-order valence-electron chi connectivity index (χ4n) is 9.98. The zero-order chi connectivity index (χ0) is 42.7. The molecule has 2 fully saturated rings. The van der Waals surface area contributed by atoms with Crippen LogP contribution in [0.1, 0.15) is 102 Å². The van der Waals surface area contributed by atoms with E-state index in [-0.39, 0.29) is 29.0 Å². The molecule has 14 nitrogen and oxygen atoms in total. The van der Waals surface area contributed by atoms with E-state index in [0.29, 0.717) is 74.9 Å². The van der Waals surface area contributed by atoms with Gasteiger partial charge < -0.3 is 34.5 Å². The molecule has 0 radical (unpaired) electrons. The lowest BCUT2D eigenvalue weighted by Gasteiger charge is -2.30. The van der Waals surface area contributed by atoms with Crippen molar-refractivity contribution in [3.63, 3.8) is 0 Å². The first kappa shape index (κ1) is 39.7. The first-order valence-electron chi connectivity index (χ1n) is 21.7. The van der Waals surface area contributed by atoms with E-state index >= 15 is 0 Å². The molecular formula is C48H50N8O6. The number of hydrogen-bond donors (Lipinski definition) is 2. The quantitative estimate of drug-likeness (QED) is 0.169. The SMILES string of the molecule is C=C1CCC(N2Cc3c(ccc4c3OC[C@]4(C)CCCNC(=O)c3ccc(-c4cc5cccc(-c6nc(C7CCOCC7)n7c6CN(C(C)=O)CC7)c5cn4)cn3)C2=O)C(=O)N1. The molecule has 2 aromatic carbocycles. The predicted molar refractivity (Wildman–Crippen MR) is 231 cm³/mol. The molecule has 2 atom stereocenters. The van der Waals surface area contributed by atoms with Crippen molar-refractivity contribution in [1.29, 1.82) is 0 Å². The normalized spacial score (nSPS) is 21.1. The second-order valence-corrected chi connectivity index (χ2v) is 17.5. The third-order valence-electron chi connectivity index (χ3n) is 13.5. The number of nitrogens with zero attached hydrogens (tertiary/aromatic N) is 6. The third kappa shape index (κ3) is 6.99. The van der Waals surface area contributed by atoms with Crippen LogP contribution in [0.5, 0.6) is 5.75 Å². The monoisotopic (exact) mass is 834 g/mol. The summed E-state index contributed by atoms with van der Waals surface area (Å²) in [6.45, 7) is 12.3. The van der Waals surface area contributed by atoms with Gasteiger partial charge in [-0.2, -0.15) is 0 Å². The molecule has 0 aliphatic carbocycles. The number of ether oxygens (including phenoxy) is 2. The summed E-state index contributed by atoms with van der Waals surface area (Å²) in [4.78, 5) is 70.0. The Morgan fingerprint density at radius 3 is 2.65 bits per heavy atom. The fourth-order valence-corrected chi connectivity index (χ4v) is 9.98. The van der Waals surface area contributed by atoms with Gasteiger partial charge >= 0.3 is 0 Å². The average Bonchev–Trinajstić information content (AvgIpc) is 3.95. The molecule has 5 aliphatic rings. The summed E-state index contributed by atoms with van der Waals surface area (Å²) in [7, 11) is 0. The number of fused-ring (bicyclic) bond motifs is 5. The molecule has 5 aliphatic heterocycles. The lowest BCUT2D eigenvalue weighted by Crippen LogP contribution is -2.49. The summed E-state index contributed by atoms with van der Waals surface area (Å²) in [5.41, 5.74) is 7.69. The van der Waals surface area contributed by atoms with E-state index in [2.05, 4.69) is 45.8 Å². The maximum atomic E-state index is 13.4. The summed E-state index contributed by atoms with van der Waals surface area (Å²) in [6, 6.07) is 15.2. The maximum Gasteiger partial charge on any atom is 0.269 e. The Labute approximate surface area is 359 Å². The number of amides is 4. The average molecular weight is 835 g/mol. The summed E-state index contributed by atoms with van der Waals surface area (Å²) in [6.07, 6.45) is 8.12. The van der Waals surface area contributed by atoms with E-state index in [1.165, 1.54) is 0 Å². The van der Waals surface area contributed by atoms with Crippen LogP contribution in [-0.4, -0.2) is 91.9 Å². The predicted octanol–water partition coefficient (Wildman–Crippen LogP) is 6.02. The topological polar surface area (TPSA) is 161 Å². The summed E-state index contributed by atoms with van der Waals surface area (Å²) in [5, 5.41) is 7.81. The molecule has 3 aromatic heterocycles. The number of pyridine rings is 2. The van der Waals surface area contributed by atoms with Gasteiger partial charge in [0, 0.05) is 102 Å². The molecule has 8 heterocycles. The highest BCUT2D eigenvalue weighted by Crippen LogP contribution is 2.47. The Hall–Kier alpha value is -6.41. The number of imidazole rings is 1.